The van der Waals surface area contributed by atoms with E-state index in [-0.39, 0.29) is 5.91 Å². The minimum atomic E-state index is -0.506. The topological polar surface area (TPSA) is 49.6 Å². The van der Waals surface area contributed by atoms with Crippen LogP contribution < -0.4 is 5.73 Å². The average Bonchev–Trinajstić information content (AvgIpc) is 2.25. The molecule has 1 aliphatic heterocycles. The molecule has 4 heteroatoms. The highest BCUT2D eigenvalue weighted by Crippen LogP contribution is 2.31. The van der Waals surface area contributed by atoms with Crippen molar-refractivity contribution in [2.75, 3.05) is 32.7 Å². The maximum atomic E-state index is 12.1. The zero-order valence-corrected chi connectivity index (χ0v) is 9.54. The van der Waals surface area contributed by atoms with Gasteiger partial charge >= 0.3 is 0 Å². The molecule has 1 saturated carbocycles. The maximum absolute atomic E-state index is 12.1. The molecule has 1 heterocycles. The van der Waals surface area contributed by atoms with Gasteiger partial charge in [-0.15, -0.1) is 0 Å². The van der Waals surface area contributed by atoms with Crippen LogP contribution in [0.25, 0.3) is 0 Å². The summed E-state index contributed by atoms with van der Waals surface area (Å²) in [6, 6.07) is 0. The Hall–Kier alpha value is -0.610. The molecule has 0 unspecified atom stereocenters. The molecule has 1 saturated heterocycles. The van der Waals surface area contributed by atoms with E-state index in [2.05, 4.69) is 11.8 Å². The number of rotatable bonds is 2. The lowest BCUT2D eigenvalue weighted by Gasteiger charge is -2.43. The van der Waals surface area contributed by atoms with Crippen LogP contribution in [0.15, 0.2) is 0 Å². The molecule has 2 N–H and O–H groups in total. The Labute approximate surface area is 91.4 Å². The van der Waals surface area contributed by atoms with Crippen molar-refractivity contribution in [3.63, 3.8) is 0 Å². The predicted molar refractivity (Wildman–Crippen MR) is 59.5 cm³/mol. The van der Waals surface area contributed by atoms with Crippen LogP contribution >= 0.6 is 0 Å². The first kappa shape index (κ1) is 10.9. The molecule has 0 atom stereocenters. The van der Waals surface area contributed by atoms with E-state index < -0.39 is 5.54 Å². The second kappa shape index (κ2) is 4.10. The van der Waals surface area contributed by atoms with Gasteiger partial charge in [-0.1, -0.05) is 6.92 Å². The van der Waals surface area contributed by atoms with E-state index in [1.807, 2.05) is 4.90 Å². The van der Waals surface area contributed by atoms with E-state index in [0.29, 0.717) is 0 Å². The van der Waals surface area contributed by atoms with Crippen molar-refractivity contribution < 1.29 is 4.79 Å². The van der Waals surface area contributed by atoms with Crippen LogP contribution in [-0.4, -0.2) is 54.0 Å². The van der Waals surface area contributed by atoms with Crippen LogP contribution in [0.3, 0.4) is 0 Å². The Balaban J connectivity index is 1.87. The van der Waals surface area contributed by atoms with Crippen molar-refractivity contribution in [1.29, 1.82) is 0 Å². The van der Waals surface area contributed by atoms with Crippen LogP contribution in [0.5, 0.6) is 0 Å². The molecule has 0 aromatic heterocycles. The zero-order chi connectivity index (χ0) is 10.9. The normalized spacial score (nSPS) is 26.1. The van der Waals surface area contributed by atoms with Crippen LogP contribution in [0.2, 0.25) is 0 Å². The Bertz CT molecular complexity index is 242. The van der Waals surface area contributed by atoms with Gasteiger partial charge in [0.1, 0.15) is 0 Å². The molecule has 1 amide bonds. The highest BCUT2D eigenvalue weighted by atomic mass is 16.2. The highest BCUT2D eigenvalue weighted by Gasteiger charge is 2.43. The monoisotopic (exact) mass is 211 g/mol. The molecule has 0 aromatic carbocycles. The molecule has 1 aliphatic carbocycles. The molecule has 0 radical (unpaired) electrons. The van der Waals surface area contributed by atoms with E-state index in [1.54, 1.807) is 0 Å². The van der Waals surface area contributed by atoms with Crippen LogP contribution in [0.1, 0.15) is 26.2 Å². The second-order valence-electron chi connectivity index (χ2n) is 4.74. The number of amides is 1. The fourth-order valence-electron chi connectivity index (χ4n) is 2.35. The van der Waals surface area contributed by atoms with Gasteiger partial charge in [-0.3, -0.25) is 4.79 Å². The number of hydrogen-bond acceptors (Lipinski definition) is 3. The van der Waals surface area contributed by atoms with E-state index >= 15 is 0 Å². The third kappa shape index (κ3) is 2.01. The quantitative estimate of drug-likeness (QED) is 0.701. The summed E-state index contributed by atoms with van der Waals surface area (Å²) >= 11 is 0. The van der Waals surface area contributed by atoms with Crippen molar-refractivity contribution in [2.24, 2.45) is 5.73 Å². The SMILES string of the molecule is CCN1CCN(C(=O)C2(N)CCC2)CC1. The first-order chi connectivity index (χ1) is 7.15. The lowest BCUT2D eigenvalue weighted by atomic mass is 9.76. The van der Waals surface area contributed by atoms with E-state index in [4.69, 9.17) is 5.73 Å². The van der Waals surface area contributed by atoms with Gasteiger partial charge in [0, 0.05) is 26.2 Å². The van der Waals surface area contributed by atoms with Gasteiger partial charge < -0.3 is 15.5 Å². The summed E-state index contributed by atoms with van der Waals surface area (Å²) in [5.74, 6) is 0.185. The first-order valence-electron chi connectivity index (χ1n) is 5.96. The Morgan fingerprint density at radius 2 is 1.87 bits per heavy atom. The van der Waals surface area contributed by atoms with Crippen molar-refractivity contribution in [3.8, 4) is 0 Å². The van der Waals surface area contributed by atoms with Crippen LogP contribution in [-0.2, 0) is 4.79 Å². The van der Waals surface area contributed by atoms with Crippen LogP contribution in [0, 0.1) is 0 Å². The molecule has 2 aliphatic rings. The molecule has 4 nitrogen and oxygen atoms in total. The summed E-state index contributed by atoms with van der Waals surface area (Å²) < 4.78 is 0. The first-order valence-corrected chi connectivity index (χ1v) is 5.96. The molecule has 0 spiro atoms. The van der Waals surface area contributed by atoms with Gasteiger partial charge in [-0.25, -0.2) is 0 Å². The van der Waals surface area contributed by atoms with Crippen molar-refractivity contribution in [1.82, 2.24) is 9.80 Å². The van der Waals surface area contributed by atoms with Gasteiger partial charge in [-0.05, 0) is 25.8 Å². The maximum Gasteiger partial charge on any atom is 0.242 e. The summed E-state index contributed by atoms with van der Waals surface area (Å²) in [4.78, 5) is 16.4. The summed E-state index contributed by atoms with van der Waals surface area (Å²) in [6.07, 6.45) is 2.86. The largest absolute Gasteiger partial charge is 0.339 e. The molecule has 2 fully saturated rings. The Kier molecular flexibility index (Phi) is 2.98. The zero-order valence-electron chi connectivity index (χ0n) is 9.54. The number of piperazine rings is 1. The molecule has 0 bridgehead atoms. The number of nitrogens with two attached hydrogens (primary N) is 1. The molecular weight excluding hydrogens is 190 g/mol. The number of carbonyl (C=O) groups excluding carboxylic acids is 1. The molecule has 0 aromatic rings. The lowest BCUT2D eigenvalue weighted by molar-refractivity contribution is -0.141. The number of likely N-dealkylation sites (N-methyl/N-ethyl adjacent to an activating group) is 1. The molecule has 2 rings (SSSR count). The molecule has 86 valence electrons. The van der Waals surface area contributed by atoms with Crippen molar-refractivity contribution >= 4 is 5.91 Å². The van der Waals surface area contributed by atoms with Gasteiger partial charge in [0.05, 0.1) is 5.54 Å². The fourth-order valence-corrected chi connectivity index (χ4v) is 2.35. The second-order valence-corrected chi connectivity index (χ2v) is 4.74. The highest BCUT2D eigenvalue weighted by molar-refractivity contribution is 5.87. The van der Waals surface area contributed by atoms with E-state index in [9.17, 15) is 4.79 Å². The molecular formula is C11H21N3O. The van der Waals surface area contributed by atoms with Crippen LogP contribution in [0.4, 0.5) is 0 Å². The average molecular weight is 211 g/mol. The summed E-state index contributed by atoms with van der Waals surface area (Å²) in [7, 11) is 0. The fraction of sp³-hybridized carbons (Fsp3) is 0.909. The van der Waals surface area contributed by atoms with Crippen molar-refractivity contribution in [3.05, 3.63) is 0 Å². The van der Waals surface area contributed by atoms with E-state index in [1.165, 1.54) is 0 Å². The number of hydrogen-bond donors (Lipinski definition) is 1. The van der Waals surface area contributed by atoms with E-state index in [0.717, 1.165) is 52.0 Å². The summed E-state index contributed by atoms with van der Waals surface area (Å²) in [6.45, 7) is 6.94. The lowest BCUT2D eigenvalue weighted by Crippen LogP contribution is -2.62. The smallest absolute Gasteiger partial charge is 0.242 e. The number of nitrogens with zero attached hydrogens (tertiary/aromatic N) is 2. The Morgan fingerprint density at radius 1 is 1.27 bits per heavy atom. The predicted octanol–water partition coefficient (Wildman–Crippen LogP) is 0.0319. The van der Waals surface area contributed by atoms with Crippen molar-refractivity contribution in [2.45, 2.75) is 31.7 Å². The van der Waals surface area contributed by atoms with Gasteiger partial charge in [0.15, 0.2) is 0 Å². The Morgan fingerprint density at radius 3 is 2.27 bits per heavy atom. The summed E-state index contributed by atoms with van der Waals surface area (Å²) in [5, 5.41) is 0. The number of carbonyl (C=O) groups is 1. The summed E-state index contributed by atoms with van der Waals surface area (Å²) in [5.41, 5.74) is 5.53. The minimum absolute atomic E-state index is 0.185. The third-order valence-electron chi connectivity index (χ3n) is 3.78. The minimum Gasteiger partial charge on any atom is -0.339 e. The van der Waals surface area contributed by atoms with Gasteiger partial charge in [0.2, 0.25) is 5.91 Å². The van der Waals surface area contributed by atoms with Gasteiger partial charge in [-0.2, -0.15) is 0 Å². The molecule has 15 heavy (non-hydrogen) atoms. The van der Waals surface area contributed by atoms with Gasteiger partial charge in [0.25, 0.3) is 0 Å². The standard InChI is InChI=1S/C11H21N3O/c1-2-13-6-8-14(9-7-13)10(15)11(12)4-3-5-11/h2-9,12H2,1H3. The third-order valence-corrected chi connectivity index (χ3v) is 3.78.